The number of nitriles is 1. The summed E-state index contributed by atoms with van der Waals surface area (Å²) in [6, 6.07) is 6.73. The van der Waals surface area contributed by atoms with Crippen LogP contribution in [0.15, 0.2) is 22.7 Å². The Morgan fingerprint density at radius 2 is 2.22 bits per heavy atom. The van der Waals surface area contributed by atoms with E-state index in [4.69, 9.17) is 5.26 Å². The van der Waals surface area contributed by atoms with Crippen LogP contribution in [-0.2, 0) is 9.59 Å². The fraction of sp³-hybridized carbons (Fsp3) is 0.250. The van der Waals surface area contributed by atoms with Crippen LogP contribution in [-0.4, -0.2) is 17.9 Å². The lowest BCUT2D eigenvalue weighted by atomic mass is 10.0. The number of carbonyl (C=O) groups excluding carboxylic acids is 2. The molecule has 1 atom stereocenters. The first kappa shape index (κ1) is 12.6. The van der Waals surface area contributed by atoms with Gasteiger partial charge in [0.1, 0.15) is 12.1 Å². The summed E-state index contributed by atoms with van der Waals surface area (Å²) >= 11 is 3.31. The molecular weight excluding hydrogens is 298 g/mol. The van der Waals surface area contributed by atoms with E-state index in [1.807, 2.05) is 0 Å². The quantitative estimate of drug-likeness (QED) is 0.812. The number of nitrogens with zero attached hydrogens (tertiary/aromatic N) is 1. The highest BCUT2D eigenvalue weighted by atomic mass is 79.9. The van der Waals surface area contributed by atoms with Crippen LogP contribution in [0.5, 0.6) is 0 Å². The maximum absolute atomic E-state index is 11.6. The summed E-state index contributed by atoms with van der Waals surface area (Å²) < 4.78 is 0.816. The van der Waals surface area contributed by atoms with Gasteiger partial charge in [0.2, 0.25) is 11.8 Å². The maximum atomic E-state index is 11.6. The number of hydrogen-bond donors (Lipinski definition) is 2. The zero-order valence-corrected chi connectivity index (χ0v) is 11.0. The summed E-state index contributed by atoms with van der Waals surface area (Å²) in [7, 11) is 0. The second-order valence-corrected chi connectivity index (χ2v) is 4.87. The highest BCUT2D eigenvalue weighted by molar-refractivity contribution is 9.10. The summed E-state index contributed by atoms with van der Waals surface area (Å²) in [5.41, 5.74) is 1.05. The third kappa shape index (κ3) is 2.68. The van der Waals surface area contributed by atoms with Crippen molar-refractivity contribution >= 4 is 33.4 Å². The number of rotatable bonds is 2. The van der Waals surface area contributed by atoms with Crippen LogP contribution < -0.4 is 10.6 Å². The second-order valence-electron chi connectivity index (χ2n) is 3.95. The normalized spacial score (nSPS) is 19.0. The summed E-state index contributed by atoms with van der Waals surface area (Å²) in [4.78, 5) is 22.6. The molecule has 1 unspecified atom stereocenters. The van der Waals surface area contributed by atoms with Crippen molar-refractivity contribution in [1.82, 2.24) is 5.32 Å². The number of amides is 2. The Morgan fingerprint density at radius 3 is 2.89 bits per heavy atom. The molecule has 0 aliphatic carbocycles. The molecule has 1 saturated heterocycles. The van der Waals surface area contributed by atoms with Crippen LogP contribution in [0.2, 0.25) is 0 Å². The van der Waals surface area contributed by atoms with E-state index in [2.05, 4.69) is 32.6 Å². The minimum Gasteiger partial charge on any atom is -0.373 e. The lowest BCUT2D eigenvalue weighted by molar-refractivity contribution is -0.133. The van der Waals surface area contributed by atoms with Gasteiger partial charge in [-0.2, -0.15) is 5.26 Å². The molecule has 1 heterocycles. The van der Waals surface area contributed by atoms with E-state index in [1.54, 1.807) is 18.2 Å². The molecule has 0 saturated carbocycles. The molecule has 1 aliphatic rings. The zero-order valence-electron chi connectivity index (χ0n) is 9.37. The van der Waals surface area contributed by atoms with Crippen LogP contribution in [0, 0.1) is 11.3 Å². The Labute approximate surface area is 112 Å². The molecule has 1 fully saturated rings. The number of imide groups is 1. The molecule has 0 radical (unpaired) electrons. The number of nitrogens with one attached hydrogen (secondary N) is 2. The molecule has 92 valence electrons. The van der Waals surface area contributed by atoms with Gasteiger partial charge in [-0.3, -0.25) is 14.9 Å². The number of piperidine rings is 1. The molecule has 1 aromatic carbocycles. The van der Waals surface area contributed by atoms with Crippen LogP contribution >= 0.6 is 15.9 Å². The molecular formula is C12H10BrN3O2. The first-order valence-electron chi connectivity index (χ1n) is 5.40. The Morgan fingerprint density at radius 1 is 1.44 bits per heavy atom. The highest BCUT2D eigenvalue weighted by Gasteiger charge is 2.26. The first-order chi connectivity index (χ1) is 8.60. The molecule has 0 aromatic heterocycles. The van der Waals surface area contributed by atoms with Crippen molar-refractivity contribution in [2.24, 2.45) is 0 Å². The van der Waals surface area contributed by atoms with Crippen molar-refractivity contribution in [3.05, 3.63) is 28.2 Å². The summed E-state index contributed by atoms with van der Waals surface area (Å²) in [6.45, 7) is 0. The van der Waals surface area contributed by atoms with E-state index in [1.165, 1.54) is 0 Å². The highest BCUT2D eigenvalue weighted by Crippen LogP contribution is 2.22. The number of anilines is 1. The van der Waals surface area contributed by atoms with Crippen LogP contribution in [0.3, 0.4) is 0 Å². The van der Waals surface area contributed by atoms with Gasteiger partial charge in [-0.1, -0.05) is 15.9 Å². The largest absolute Gasteiger partial charge is 0.373 e. The smallest absolute Gasteiger partial charge is 0.249 e. The molecule has 5 nitrogen and oxygen atoms in total. The minimum absolute atomic E-state index is 0.257. The third-order valence-corrected chi connectivity index (χ3v) is 3.16. The predicted molar refractivity (Wildman–Crippen MR) is 68.7 cm³/mol. The lowest BCUT2D eigenvalue weighted by Crippen LogP contribution is -2.47. The fourth-order valence-electron chi connectivity index (χ4n) is 1.75. The van der Waals surface area contributed by atoms with E-state index in [9.17, 15) is 9.59 Å². The van der Waals surface area contributed by atoms with Crippen LogP contribution in [0.25, 0.3) is 0 Å². The first-order valence-corrected chi connectivity index (χ1v) is 6.19. The zero-order chi connectivity index (χ0) is 13.1. The Kier molecular flexibility index (Phi) is 3.63. The van der Waals surface area contributed by atoms with Crippen molar-refractivity contribution in [2.75, 3.05) is 5.32 Å². The van der Waals surface area contributed by atoms with Crippen molar-refractivity contribution in [3.8, 4) is 6.07 Å². The fourth-order valence-corrected chi connectivity index (χ4v) is 2.11. The molecule has 1 aliphatic heterocycles. The van der Waals surface area contributed by atoms with Gasteiger partial charge in [0.25, 0.3) is 0 Å². The van der Waals surface area contributed by atoms with Gasteiger partial charge >= 0.3 is 0 Å². The van der Waals surface area contributed by atoms with Gasteiger partial charge in [-0.05, 0) is 24.6 Å². The van der Waals surface area contributed by atoms with Crippen molar-refractivity contribution in [1.29, 1.82) is 5.26 Å². The van der Waals surface area contributed by atoms with Crippen molar-refractivity contribution < 1.29 is 9.59 Å². The minimum atomic E-state index is -0.482. The standard InChI is InChI=1S/C12H10BrN3O2/c13-8-2-1-7(6-14)10(5-8)15-9-3-4-11(17)16-12(9)18/h1-2,5,9,15H,3-4H2,(H,16,17,18). The van der Waals surface area contributed by atoms with E-state index in [0.29, 0.717) is 24.1 Å². The van der Waals surface area contributed by atoms with Gasteiger partial charge in [0.05, 0.1) is 11.3 Å². The number of benzene rings is 1. The predicted octanol–water partition coefficient (Wildman–Crippen LogP) is 1.54. The van der Waals surface area contributed by atoms with Gasteiger partial charge < -0.3 is 5.32 Å². The monoisotopic (exact) mass is 307 g/mol. The van der Waals surface area contributed by atoms with Crippen molar-refractivity contribution in [3.63, 3.8) is 0 Å². The number of hydrogen-bond acceptors (Lipinski definition) is 4. The average Bonchev–Trinajstić information content (AvgIpc) is 2.33. The second kappa shape index (κ2) is 5.19. The molecule has 1 aromatic rings. The molecule has 18 heavy (non-hydrogen) atoms. The molecule has 6 heteroatoms. The van der Waals surface area contributed by atoms with Crippen LogP contribution in [0.4, 0.5) is 5.69 Å². The molecule has 2 N–H and O–H groups in total. The van der Waals surface area contributed by atoms with E-state index in [0.717, 1.165) is 4.47 Å². The lowest BCUT2D eigenvalue weighted by Gasteiger charge is -2.23. The number of carbonyl (C=O) groups is 2. The van der Waals surface area contributed by atoms with Gasteiger partial charge in [0.15, 0.2) is 0 Å². The van der Waals surface area contributed by atoms with Gasteiger partial charge in [-0.25, -0.2) is 0 Å². The third-order valence-electron chi connectivity index (χ3n) is 2.67. The average molecular weight is 308 g/mol. The summed E-state index contributed by atoms with van der Waals surface area (Å²) in [5.74, 6) is -0.608. The van der Waals surface area contributed by atoms with Crippen LogP contribution in [0.1, 0.15) is 18.4 Å². The molecule has 2 amide bonds. The SMILES string of the molecule is N#Cc1ccc(Br)cc1NC1CCC(=O)NC1=O. The molecule has 0 bridgehead atoms. The van der Waals surface area contributed by atoms with E-state index >= 15 is 0 Å². The topological polar surface area (TPSA) is 82.0 Å². The van der Waals surface area contributed by atoms with Crippen molar-refractivity contribution in [2.45, 2.75) is 18.9 Å². The maximum Gasteiger partial charge on any atom is 0.249 e. The van der Waals surface area contributed by atoms with E-state index in [-0.39, 0.29) is 11.8 Å². The Balaban J connectivity index is 2.19. The Bertz CT molecular complexity index is 551. The number of halogens is 1. The Hall–Kier alpha value is -1.87. The summed E-state index contributed by atoms with van der Waals surface area (Å²) in [5, 5.41) is 14.2. The molecule has 0 spiro atoms. The van der Waals surface area contributed by atoms with E-state index < -0.39 is 6.04 Å². The summed E-state index contributed by atoms with van der Waals surface area (Å²) in [6.07, 6.45) is 0.737. The van der Waals surface area contributed by atoms with Gasteiger partial charge in [0, 0.05) is 10.9 Å². The van der Waals surface area contributed by atoms with Gasteiger partial charge in [-0.15, -0.1) is 0 Å². The molecule has 2 rings (SSSR count).